The number of rotatable bonds is 3. The quantitative estimate of drug-likeness (QED) is 0.813. The number of hydrogen-bond acceptors (Lipinski definition) is 3. The van der Waals surface area contributed by atoms with Gasteiger partial charge in [-0.15, -0.1) is 5.10 Å². The Kier molecular flexibility index (Phi) is 2.87. The molecule has 4 nitrogen and oxygen atoms in total. The lowest BCUT2D eigenvalue weighted by Crippen LogP contribution is -2.23. The molecule has 4 rings (SSSR count). The van der Waals surface area contributed by atoms with E-state index in [0.717, 1.165) is 24.8 Å². The Morgan fingerprint density at radius 1 is 1.24 bits per heavy atom. The molecule has 0 spiro atoms. The van der Waals surface area contributed by atoms with Gasteiger partial charge in [-0.3, -0.25) is 4.79 Å². The first-order valence-electron chi connectivity index (χ1n) is 7.43. The SMILES string of the molecule is O=C(c1nc2n(n1)[C@@H](c1ccccc1)C[C@H]2F)C1CCC1. The summed E-state index contributed by atoms with van der Waals surface area (Å²) in [6.45, 7) is 0. The van der Waals surface area contributed by atoms with Crippen molar-refractivity contribution in [2.24, 2.45) is 5.92 Å². The highest BCUT2D eigenvalue weighted by atomic mass is 19.1. The van der Waals surface area contributed by atoms with Crippen molar-refractivity contribution in [3.63, 3.8) is 0 Å². The van der Waals surface area contributed by atoms with Crippen LogP contribution in [0.2, 0.25) is 0 Å². The summed E-state index contributed by atoms with van der Waals surface area (Å²) in [5.41, 5.74) is 1.01. The largest absolute Gasteiger partial charge is 0.290 e. The lowest BCUT2D eigenvalue weighted by Gasteiger charge is -2.22. The van der Waals surface area contributed by atoms with Crippen LogP contribution in [0.4, 0.5) is 4.39 Å². The van der Waals surface area contributed by atoms with E-state index in [9.17, 15) is 9.18 Å². The summed E-state index contributed by atoms with van der Waals surface area (Å²) in [6.07, 6.45) is 2.10. The van der Waals surface area contributed by atoms with Gasteiger partial charge in [0.25, 0.3) is 0 Å². The van der Waals surface area contributed by atoms with E-state index in [1.54, 1.807) is 4.68 Å². The Morgan fingerprint density at radius 2 is 2.00 bits per heavy atom. The van der Waals surface area contributed by atoms with Gasteiger partial charge in [0.05, 0.1) is 6.04 Å². The van der Waals surface area contributed by atoms with E-state index in [4.69, 9.17) is 0 Å². The number of ketones is 1. The van der Waals surface area contributed by atoms with Crippen LogP contribution in [-0.2, 0) is 0 Å². The number of aromatic nitrogens is 3. The van der Waals surface area contributed by atoms with Crippen LogP contribution in [0, 0.1) is 5.92 Å². The number of hydrogen-bond donors (Lipinski definition) is 0. The van der Waals surface area contributed by atoms with Gasteiger partial charge in [0.2, 0.25) is 11.6 Å². The van der Waals surface area contributed by atoms with Crippen molar-refractivity contribution in [3.05, 3.63) is 47.5 Å². The summed E-state index contributed by atoms with van der Waals surface area (Å²) in [4.78, 5) is 16.4. The predicted octanol–water partition coefficient (Wildman–Crippen LogP) is 3.26. The topological polar surface area (TPSA) is 47.8 Å². The molecule has 1 aliphatic carbocycles. The van der Waals surface area contributed by atoms with Gasteiger partial charge >= 0.3 is 0 Å². The molecule has 0 N–H and O–H groups in total. The second-order valence-corrected chi connectivity index (χ2v) is 5.86. The summed E-state index contributed by atoms with van der Waals surface area (Å²) in [7, 11) is 0. The van der Waals surface area contributed by atoms with Crippen molar-refractivity contribution in [2.75, 3.05) is 0 Å². The van der Waals surface area contributed by atoms with Crippen molar-refractivity contribution in [3.8, 4) is 0 Å². The van der Waals surface area contributed by atoms with Crippen molar-refractivity contribution in [1.82, 2.24) is 14.8 Å². The van der Waals surface area contributed by atoms with Gasteiger partial charge < -0.3 is 0 Å². The van der Waals surface area contributed by atoms with E-state index in [2.05, 4.69) is 10.1 Å². The maximum absolute atomic E-state index is 14.2. The fraction of sp³-hybridized carbons (Fsp3) is 0.438. The number of halogens is 1. The number of benzene rings is 1. The van der Waals surface area contributed by atoms with E-state index in [-0.39, 0.29) is 23.6 Å². The summed E-state index contributed by atoms with van der Waals surface area (Å²) in [5, 5.41) is 4.32. The molecule has 0 radical (unpaired) electrons. The molecule has 1 aromatic heterocycles. The van der Waals surface area contributed by atoms with Gasteiger partial charge in [0, 0.05) is 12.3 Å². The number of carbonyl (C=O) groups excluding carboxylic acids is 1. The Bertz CT molecular complexity index is 678. The standard InChI is InChI=1S/C16H16FN3O/c17-12-9-13(10-5-2-1-3-6-10)20-16(12)18-15(19-20)14(21)11-7-4-8-11/h1-3,5-6,11-13H,4,7-9H2/t12-,13-/m1/s1. The molecule has 2 heterocycles. The minimum absolute atomic E-state index is 0.0258. The molecule has 1 aliphatic heterocycles. The fourth-order valence-electron chi connectivity index (χ4n) is 3.09. The van der Waals surface area contributed by atoms with Crippen LogP contribution in [0.25, 0.3) is 0 Å². The van der Waals surface area contributed by atoms with E-state index >= 15 is 0 Å². The number of carbonyl (C=O) groups is 1. The zero-order valence-corrected chi connectivity index (χ0v) is 11.6. The molecule has 1 fully saturated rings. The second kappa shape index (κ2) is 4.76. The van der Waals surface area contributed by atoms with E-state index in [1.165, 1.54) is 0 Å². The minimum atomic E-state index is -1.15. The molecule has 0 unspecified atom stereocenters. The number of alkyl halides is 1. The van der Waals surface area contributed by atoms with E-state index in [0.29, 0.717) is 12.2 Å². The zero-order chi connectivity index (χ0) is 14.4. The van der Waals surface area contributed by atoms with Gasteiger partial charge in [-0.2, -0.15) is 0 Å². The smallest absolute Gasteiger partial charge is 0.217 e. The van der Waals surface area contributed by atoms with Crippen LogP contribution in [-0.4, -0.2) is 20.5 Å². The van der Waals surface area contributed by atoms with Crippen molar-refractivity contribution in [2.45, 2.75) is 37.9 Å². The Labute approximate surface area is 122 Å². The molecule has 108 valence electrons. The normalized spacial score (nSPS) is 24.6. The van der Waals surface area contributed by atoms with Crippen molar-refractivity contribution in [1.29, 1.82) is 0 Å². The fourth-order valence-corrected chi connectivity index (χ4v) is 3.09. The Balaban J connectivity index is 1.69. The highest BCUT2D eigenvalue weighted by Gasteiger charge is 2.38. The average Bonchev–Trinajstić information content (AvgIpc) is 2.99. The average molecular weight is 285 g/mol. The van der Waals surface area contributed by atoms with Crippen LogP contribution in [0.5, 0.6) is 0 Å². The molecule has 0 bridgehead atoms. The second-order valence-electron chi connectivity index (χ2n) is 5.86. The molecular weight excluding hydrogens is 269 g/mol. The van der Waals surface area contributed by atoms with Gasteiger partial charge in [-0.25, -0.2) is 14.1 Å². The minimum Gasteiger partial charge on any atom is -0.290 e. The number of Topliss-reactive ketones (excluding diaryl/α,β-unsaturated/α-hetero) is 1. The molecule has 2 aromatic rings. The highest BCUT2D eigenvalue weighted by molar-refractivity contribution is 5.94. The van der Waals surface area contributed by atoms with E-state index < -0.39 is 6.17 Å². The molecule has 5 heteroatoms. The molecule has 1 saturated carbocycles. The Hall–Kier alpha value is -2.04. The number of fused-ring (bicyclic) bond motifs is 1. The van der Waals surface area contributed by atoms with Gasteiger partial charge in [0.1, 0.15) is 0 Å². The maximum Gasteiger partial charge on any atom is 0.217 e. The lowest BCUT2D eigenvalue weighted by atomic mass is 9.82. The molecule has 21 heavy (non-hydrogen) atoms. The van der Waals surface area contributed by atoms with Crippen LogP contribution in [0.3, 0.4) is 0 Å². The maximum atomic E-state index is 14.2. The Morgan fingerprint density at radius 3 is 2.67 bits per heavy atom. The molecule has 2 aliphatic rings. The molecule has 0 saturated heterocycles. The summed E-state index contributed by atoms with van der Waals surface area (Å²) in [6, 6.07) is 9.55. The molecular formula is C16H16FN3O. The van der Waals surface area contributed by atoms with Crippen molar-refractivity contribution >= 4 is 5.78 Å². The predicted molar refractivity (Wildman–Crippen MR) is 74.7 cm³/mol. The third kappa shape index (κ3) is 1.99. The third-order valence-corrected chi connectivity index (χ3v) is 4.54. The third-order valence-electron chi connectivity index (χ3n) is 4.54. The van der Waals surface area contributed by atoms with E-state index in [1.807, 2.05) is 30.3 Å². The first-order valence-corrected chi connectivity index (χ1v) is 7.43. The first-order chi connectivity index (χ1) is 10.2. The van der Waals surface area contributed by atoms with Crippen LogP contribution in [0.15, 0.2) is 30.3 Å². The van der Waals surface area contributed by atoms with Gasteiger partial charge in [-0.1, -0.05) is 36.8 Å². The van der Waals surface area contributed by atoms with Crippen LogP contribution in [0.1, 0.15) is 59.9 Å². The highest BCUT2D eigenvalue weighted by Crippen LogP contribution is 2.39. The van der Waals surface area contributed by atoms with Crippen LogP contribution >= 0.6 is 0 Å². The van der Waals surface area contributed by atoms with Crippen molar-refractivity contribution < 1.29 is 9.18 Å². The summed E-state index contributed by atoms with van der Waals surface area (Å²) < 4.78 is 15.8. The number of nitrogens with zero attached hydrogens (tertiary/aromatic N) is 3. The molecule has 2 atom stereocenters. The lowest BCUT2D eigenvalue weighted by molar-refractivity contribution is 0.0843. The zero-order valence-electron chi connectivity index (χ0n) is 11.6. The molecule has 1 aromatic carbocycles. The van der Waals surface area contributed by atoms with Gasteiger partial charge in [0.15, 0.2) is 12.0 Å². The summed E-state index contributed by atoms with van der Waals surface area (Å²) in [5.74, 6) is 0.507. The van der Waals surface area contributed by atoms with Gasteiger partial charge in [-0.05, 0) is 18.4 Å². The monoisotopic (exact) mass is 285 g/mol. The summed E-state index contributed by atoms with van der Waals surface area (Å²) >= 11 is 0. The molecule has 0 amide bonds. The van der Waals surface area contributed by atoms with Crippen LogP contribution < -0.4 is 0 Å². The first kappa shape index (κ1) is 12.7.